The fraction of sp³-hybridized carbons (Fsp3) is 0.474. The van der Waals surface area contributed by atoms with Crippen LogP contribution in [0.2, 0.25) is 5.28 Å². The van der Waals surface area contributed by atoms with E-state index in [4.69, 9.17) is 21.8 Å². The molecule has 0 saturated heterocycles. The molecular weight excluding hydrogens is 368 g/mol. The van der Waals surface area contributed by atoms with Crippen molar-refractivity contribution < 1.29 is 4.42 Å². The Labute approximate surface area is 161 Å². The standard InChI is InChI=1S/C19H21ClN4OS/c1-10-13-14(26-16(10)19(6-7-19)15(21)11-4-5-11)17(24-18(20)23-13)22-9-12-3-2-8-25-12/h2-3,8,11,15H,4-7,9,21H2,1H3,(H,22,23,24)/t15-/m0/s1. The van der Waals surface area contributed by atoms with Gasteiger partial charge in [-0.25, -0.2) is 4.98 Å². The molecule has 0 spiro atoms. The van der Waals surface area contributed by atoms with Crippen LogP contribution < -0.4 is 11.1 Å². The minimum Gasteiger partial charge on any atom is -0.467 e. The van der Waals surface area contributed by atoms with Gasteiger partial charge in [0.1, 0.15) is 11.6 Å². The van der Waals surface area contributed by atoms with Crippen LogP contribution >= 0.6 is 22.9 Å². The lowest BCUT2D eigenvalue weighted by Crippen LogP contribution is -2.36. The zero-order valence-electron chi connectivity index (χ0n) is 14.6. The quantitative estimate of drug-likeness (QED) is 0.602. The largest absolute Gasteiger partial charge is 0.467 e. The van der Waals surface area contributed by atoms with Crippen LogP contribution in [0.15, 0.2) is 22.8 Å². The Morgan fingerprint density at radius 3 is 2.88 bits per heavy atom. The van der Waals surface area contributed by atoms with Crippen molar-refractivity contribution >= 4 is 39.0 Å². The number of rotatable bonds is 6. The van der Waals surface area contributed by atoms with Gasteiger partial charge in [0.05, 0.1) is 23.0 Å². The predicted octanol–water partition coefficient (Wildman–Crippen LogP) is 4.63. The third kappa shape index (κ3) is 2.63. The molecule has 0 aliphatic heterocycles. The molecule has 3 heterocycles. The summed E-state index contributed by atoms with van der Waals surface area (Å²) in [7, 11) is 0. The van der Waals surface area contributed by atoms with Gasteiger partial charge >= 0.3 is 0 Å². The molecule has 0 aromatic carbocycles. The number of nitrogens with one attached hydrogen (secondary N) is 1. The first-order valence-corrected chi connectivity index (χ1v) is 10.3. The number of furan rings is 1. The van der Waals surface area contributed by atoms with Crippen molar-refractivity contribution in [2.75, 3.05) is 5.32 Å². The lowest BCUT2D eigenvalue weighted by Gasteiger charge is -2.22. The van der Waals surface area contributed by atoms with Crippen LogP contribution in [0.3, 0.4) is 0 Å². The number of aromatic nitrogens is 2. The molecule has 0 bridgehead atoms. The number of fused-ring (bicyclic) bond motifs is 1. The maximum atomic E-state index is 6.65. The summed E-state index contributed by atoms with van der Waals surface area (Å²) in [6.45, 7) is 2.71. The van der Waals surface area contributed by atoms with Crippen molar-refractivity contribution in [2.24, 2.45) is 11.7 Å². The van der Waals surface area contributed by atoms with Gasteiger partial charge in [0, 0.05) is 16.3 Å². The maximum Gasteiger partial charge on any atom is 0.224 e. The van der Waals surface area contributed by atoms with Crippen LogP contribution in [-0.2, 0) is 12.0 Å². The Kier molecular flexibility index (Phi) is 3.78. The summed E-state index contributed by atoms with van der Waals surface area (Å²) in [5.41, 5.74) is 8.95. The summed E-state index contributed by atoms with van der Waals surface area (Å²) in [5, 5.41) is 3.62. The average molecular weight is 389 g/mol. The highest BCUT2D eigenvalue weighted by Crippen LogP contribution is 2.59. The lowest BCUT2D eigenvalue weighted by atomic mass is 9.89. The van der Waals surface area contributed by atoms with Crippen molar-refractivity contribution in [2.45, 2.75) is 50.6 Å². The molecule has 5 rings (SSSR count). The molecule has 2 aliphatic carbocycles. The topological polar surface area (TPSA) is 77.0 Å². The van der Waals surface area contributed by atoms with Gasteiger partial charge in [0.25, 0.3) is 0 Å². The monoisotopic (exact) mass is 388 g/mol. The summed E-state index contributed by atoms with van der Waals surface area (Å²) in [6, 6.07) is 4.08. The fourth-order valence-corrected chi connectivity index (χ4v) is 5.67. The average Bonchev–Trinajstić information content (AvgIpc) is 3.55. The third-order valence-corrected chi connectivity index (χ3v) is 7.43. The Morgan fingerprint density at radius 2 is 2.23 bits per heavy atom. The molecule has 136 valence electrons. The van der Waals surface area contributed by atoms with Gasteiger partial charge in [-0.2, -0.15) is 4.98 Å². The summed E-state index contributed by atoms with van der Waals surface area (Å²) >= 11 is 8.00. The van der Waals surface area contributed by atoms with Crippen LogP contribution in [0.25, 0.3) is 10.2 Å². The third-order valence-electron chi connectivity index (χ3n) is 5.76. The van der Waals surface area contributed by atoms with Crippen LogP contribution in [0.4, 0.5) is 5.82 Å². The molecule has 2 aliphatic rings. The fourth-order valence-electron chi connectivity index (χ4n) is 3.99. The van der Waals surface area contributed by atoms with Crippen LogP contribution in [-0.4, -0.2) is 16.0 Å². The number of nitrogens with zero attached hydrogens (tertiary/aromatic N) is 2. The molecule has 0 unspecified atom stereocenters. The van der Waals surface area contributed by atoms with E-state index in [1.807, 2.05) is 12.1 Å². The zero-order chi connectivity index (χ0) is 17.9. The molecule has 1 atom stereocenters. The predicted molar refractivity (Wildman–Crippen MR) is 105 cm³/mol. The second-order valence-electron chi connectivity index (χ2n) is 7.53. The van der Waals surface area contributed by atoms with Gasteiger partial charge in [-0.1, -0.05) is 0 Å². The summed E-state index contributed by atoms with van der Waals surface area (Å²) in [4.78, 5) is 10.3. The SMILES string of the molecule is Cc1c(C2([C@@H](N)C3CC3)CC2)sc2c(NCc3ccco3)nc(Cl)nc12. The number of thiophene rings is 1. The molecule has 3 N–H and O–H groups in total. The van der Waals surface area contributed by atoms with Crippen LogP contribution in [0, 0.1) is 12.8 Å². The van der Waals surface area contributed by atoms with Crippen molar-refractivity contribution in [3.8, 4) is 0 Å². The van der Waals surface area contributed by atoms with Crippen molar-refractivity contribution in [3.05, 3.63) is 39.9 Å². The lowest BCUT2D eigenvalue weighted by molar-refractivity contribution is 0.471. The Bertz CT molecular complexity index is 960. The Hall–Kier alpha value is -1.63. The van der Waals surface area contributed by atoms with Gasteiger partial charge in [-0.05, 0) is 67.8 Å². The number of hydrogen-bond donors (Lipinski definition) is 2. The maximum absolute atomic E-state index is 6.65. The van der Waals surface area contributed by atoms with E-state index in [0.29, 0.717) is 12.5 Å². The smallest absolute Gasteiger partial charge is 0.224 e. The van der Waals surface area contributed by atoms with Crippen LogP contribution in [0.1, 0.15) is 41.9 Å². The van der Waals surface area contributed by atoms with E-state index < -0.39 is 0 Å². The van der Waals surface area contributed by atoms with E-state index in [0.717, 1.165) is 21.8 Å². The minimum atomic E-state index is 0.140. The number of anilines is 1. The highest BCUT2D eigenvalue weighted by atomic mass is 35.5. The Balaban J connectivity index is 1.55. The first kappa shape index (κ1) is 16.5. The summed E-state index contributed by atoms with van der Waals surface area (Å²) in [6.07, 6.45) is 6.56. The van der Waals surface area contributed by atoms with E-state index in [2.05, 4.69) is 22.2 Å². The van der Waals surface area contributed by atoms with E-state index >= 15 is 0 Å². The van der Waals surface area contributed by atoms with Gasteiger partial charge in [0.15, 0.2) is 0 Å². The van der Waals surface area contributed by atoms with E-state index in [9.17, 15) is 0 Å². The van der Waals surface area contributed by atoms with Crippen molar-refractivity contribution in [3.63, 3.8) is 0 Å². The molecule has 3 aromatic heterocycles. The number of aryl methyl sites for hydroxylation is 1. The summed E-state index contributed by atoms with van der Waals surface area (Å²) in [5.74, 6) is 2.32. The van der Waals surface area contributed by atoms with Crippen LogP contribution in [0.5, 0.6) is 0 Å². The van der Waals surface area contributed by atoms with Gasteiger partial charge in [0.2, 0.25) is 5.28 Å². The molecule has 0 amide bonds. The second-order valence-corrected chi connectivity index (χ2v) is 8.89. The molecular formula is C19H21ClN4OS. The molecule has 0 radical (unpaired) electrons. The molecule has 26 heavy (non-hydrogen) atoms. The molecule has 2 saturated carbocycles. The first-order chi connectivity index (χ1) is 12.6. The first-order valence-electron chi connectivity index (χ1n) is 9.07. The number of nitrogens with two attached hydrogens (primary N) is 1. The highest BCUT2D eigenvalue weighted by molar-refractivity contribution is 7.20. The number of halogens is 1. The molecule has 5 nitrogen and oxygen atoms in total. The van der Waals surface area contributed by atoms with E-state index in [1.54, 1.807) is 17.6 Å². The Morgan fingerprint density at radius 1 is 1.42 bits per heavy atom. The molecule has 3 aromatic rings. The second kappa shape index (κ2) is 5.94. The molecule has 7 heteroatoms. The van der Waals surface area contributed by atoms with E-state index in [1.165, 1.54) is 36.1 Å². The van der Waals surface area contributed by atoms with Gasteiger partial charge < -0.3 is 15.5 Å². The minimum absolute atomic E-state index is 0.140. The van der Waals surface area contributed by atoms with E-state index in [-0.39, 0.29) is 16.7 Å². The normalized spacial score (nSPS) is 19.7. The van der Waals surface area contributed by atoms with Crippen molar-refractivity contribution in [1.82, 2.24) is 9.97 Å². The summed E-state index contributed by atoms with van der Waals surface area (Å²) < 4.78 is 6.46. The van der Waals surface area contributed by atoms with Gasteiger partial charge in [-0.3, -0.25) is 0 Å². The zero-order valence-corrected chi connectivity index (χ0v) is 16.2. The molecule has 2 fully saturated rings. The van der Waals surface area contributed by atoms with Gasteiger partial charge in [-0.15, -0.1) is 11.3 Å². The highest BCUT2D eigenvalue weighted by Gasteiger charge is 2.55. The number of hydrogen-bond acceptors (Lipinski definition) is 6. The van der Waals surface area contributed by atoms with Crippen molar-refractivity contribution in [1.29, 1.82) is 0 Å².